The molecular formula is C11H12N2O4. The molecule has 0 spiro atoms. The monoisotopic (exact) mass is 236 g/mol. The molecule has 0 unspecified atom stereocenters. The summed E-state index contributed by atoms with van der Waals surface area (Å²) >= 11 is 0. The lowest BCUT2D eigenvalue weighted by Crippen LogP contribution is -2.07. The first-order valence-corrected chi connectivity index (χ1v) is 4.96. The predicted octanol–water partition coefficient (Wildman–Crippen LogP) is 0.372. The summed E-state index contributed by atoms with van der Waals surface area (Å²) in [5.41, 5.74) is -0.115. The van der Waals surface area contributed by atoms with E-state index in [9.17, 15) is 9.90 Å². The first-order chi connectivity index (χ1) is 8.19. The van der Waals surface area contributed by atoms with Crippen molar-refractivity contribution in [3.05, 3.63) is 40.2 Å². The fraction of sp³-hybridized carbons (Fsp3) is 0.182. The number of aromatic nitrogens is 2. The topological polar surface area (TPSA) is 87.5 Å². The molecule has 0 radical (unpaired) electrons. The Morgan fingerprint density at radius 1 is 1.41 bits per heavy atom. The zero-order valence-electron chi connectivity index (χ0n) is 9.17. The lowest BCUT2D eigenvalue weighted by Gasteiger charge is -2.09. The van der Waals surface area contributed by atoms with Gasteiger partial charge in [0.1, 0.15) is 17.0 Å². The Morgan fingerprint density at radius 2 is 2.12 bits per heavy atom. The molecule has 90 valence electrons. The molecule has 1 aromatic carbocycles. The molecule has 1 aromatic heterocycles. The summed E-state index contributed by atoms with van der Waals surface area (Å²) in [6, 6.07) is 6.89. The van der Waals surface area contributed by atoms with Gasteiger partial charge < -0.3 is 14.9 Å². The van der Waals surface area contributed by atoms with Gasteiger partial charge in [0.2, 0.25) is 5.88 Å². The van der Waals surface area contributed by atoms with E-state index in [1.807, 2.05) is 0 Å². The van der Waals surface area contributed by atoms with Crippen LogP contribution >= 0.6 is 0 Å². The number of para-hydroxylation sites is 2. The second-order valence-electron chi connectivity index (χ2n) is 3.41. The van der Waals surface area contributed by atoms with Crippen molar-refractivity contribution in [1.29, 1.82) is 0 Å². The molecule has 6 nitrogen and oxygen atoms in total. The molecule has 0 saturated heterocycles. The van der Waals surface area contributed by atoms with Crippen molar-refractivity contribution in [3.63, 3.8) is 0 Å². The van der Waals surface area contributed by atoms with Crippen LogP contribution in [0.1, 0.15) is 5.56 Å². The summed E-state index contributed by atoms with van der Waals surface area (Å²) in [5.74, 6) is 0.181. The summed E-state index contributed by atoms with van der Waals surface area (Å²) in [6.45, 7) is -0.524. The van der Waals surface area contributed by atoms with E-state index < -0.39 is 12.2 Å². The maximum atomic E-state index is 11.4. The van der Waals surface area contributed by atoms with Crippen molar-refractivity contribution in [2.75, 3.05) is 7.11 Å². The third-order valence-corrected chi connectivity index (χ3v) is 2.45. The van der Waals surface area contributed by atoms with Crippen LogP contribution in [0.4, 0.5) is 0 Å². The van der Waals surface area contributed by atoms with E-state index in [1.54, 1.807) is 24.3 Å². The summed E-state index contributed by atoms with van der Waals surface area (Å²) in [4.78, 5) is 11.4. The molecule has 0 bridgehead atoms. The summed E-state index contributed by atoms with van der Waals surface area (Å²) in [6.07, 6.45) is 0. The quantitative estimate of drug-likeness (QED) is 0.718. The molecule has 0 aliphatic rings. The van der Waals surface area contributed by atoms with E-state index in [4.69, 9.17) is 9.84 Å². The Labute approximate surface area is 96.7 Å². The predicted molar refractivity (Wildman–Crippen MR) is 60.5 cm³/mol. The highest BCUT2D eigenvalue weighted by molar-refractivity contribution is 5.48. The third-order valence-electron chi connectivity index (χ3n) is 2.45. The fourth-order valence-corrected chi connectivity index (χ4v) is 1.59. The number of nitrogens with one attached hydrogen (secondary N) is 1. The van der Waals surface area contributed by atoms with Crippen molar-refractivity contribution in [1.82, 2.24) is 9.78 Å². The van der Waals surface area contributed by atoms with Crippen LogP contribution in [-0.4, -0.2) is 27.1 Å². The van der Waals surface area contributed by atoms with Gasteiger partial charge in [0.15, 0.2) is 0 Å². The Morgan fingerprint density at radius 3 is 2.71 bits per heavy atom. The van der Waals surface area contributed by atoms with Crippen molar-refractivity contribution in [3.8, 4) is 17.3 Å². The zero-order valence-corrected chi connectivity index (χ0v) is 9.17. The molecule has 0 amide bonds. The van der Waals surface area contributed by atoms with E-state index in [1.165, 1.54) is 11.8 Å². The highest BCUT2D eigenvalue weighted by atomic mass is 16.5. The van der Waals surface area contributed by atoms with Gasteiger partial charge in [-0.15, -0.1) is 0 Å². The Hall–Kier alpha value is -2.21. The highest BCUT2D eigenvalue weighted by Crippen LogP contribution is 2.25. The number of nitrogens with zero attached hydrogens (tertiary/aromatic N) is 1. The zero-order chi connectivity index (χ0) is 12.4. The summed E-state index contributed by atoms with van der Waals surface area (Å²) in [7, 11) is 1.49. The van der Waals surface area contributed by atoms with Gasteiger partial charge in [-0.1, -0.05) is 12.1 Å². The van der Waals surface area contributed by atoms with Gasteiger partial charge in [-0.2, -0.15) is 0 Å². The third kappa shape index (κ3) is 1.78. The molecule has 2 aromatic rings. The van der Waals surface area contributed by atoms with Gasteiger partial charge in [-0.3, -0.25) is 9.89 Å². The van der Waals surface area contributed by atoms with Crippen LogP contribution in [0.3, 0.4) is 0 Å². The van der Waals surface area contributed by atoms with E-state index in [0.717, 1.165) is 0 Å². The molecule has 0 fully saturated rings. The Balaban J connectivity index is 2.65. The second-order valence-corrected chi connectivity index (χ2v) is 3.41. The van der Waals surface area contributed by atoms with Gasteiger partial charge in [-0.05, 0) is 12.1 Å². The molecule has 3 N–H and O–H groups in total. The van der Waals surface area contributed by atoms with Crippen molar-refractivity contribution >= 4 is 0 Å². The van der Waals surface area contributed by atoms with Crippen molar-refractivity contribution in [2.24, 2.45) is 0 Å². The molecule has 2 rings (SSSR count). The molecule has 17 heavy (non-hydrogen) atoms. The molecule has 0 aliphatic heterocycles. The van der Waals surface area contributed by atoms with Crippen molar-refractivity contribution in [2.45, 2.75) is 6.61 Å². The first kappa shape index (κ1) is 11.3. The van der Waals surface area contributed by atoms with Crippen LogP contribution in [0, 0.1) is 0 Å². The number of aromatic hydroxyl groups is 1. The van der Waals surface area contributed by atoms with Gasteiger partial charge in [0, 0.05) is 0 Å². The number of methoxy groups -OCH3 is 1. The van der Waals surface area contributed by atoms with Crippen LogP contribution in [0.5, 0.6) is 11.6 Å². The second kappa shape index (κ2) is 4.34. The van der Waals surface area contributed by atoms with E-state index in [-0.39, 0.29) is 11.4 Å². The molecule has 0 atom stereocenters. The van der Waals surface area contributed by atoms with Gasteiger partial charge in [0.05, 0.1) is 13.7 Å². The van der Waals surface area contributed by atoms with Crippen LogP contribution < -0.4 is 10.3 Å². The lowest BCUT2D eigenvalue weighted by molar-refractivity contribution is 0.273. The average molecular weight is 236 g/mol. The largest absolute Gasteiger partial charge is 0.494 e. The minimum absolute atomic E-state index is 0.0732. The number of aromatic amines is 1. The highest BCUT2D eigenvalue weighted by Gasteiger charge is 2.16. The molecule has 0 aliphatic carbocycles. The number of rotatable bonds is 3. The smallest absolute Gasteiger partial charge is 0.273 e. The standard InChI is InChI=1S/C11H12N2O4/c1-17-9-5-3-2-4-8(9)13-11(16)7(6-14)10(15)12-13/h2-5,14,16H,6H2,1H3,(H,12,15). The number of benzene rings is 1. The summed E-state index contributed by atoms with van der Waals surface area (Å²) < 4.78 is 6.29. The minimum Gasteiger partial charge on any atom is -0.494 e. The molecule has 6 heteroatoms. The van der Waals surface area contributed by atoms with Crippen LogP contribution in [0.25, 0.3) is 5.69 Å². The molecule has 1 heterocycles. The van der Waals surface area contributed by atoms with Crippen LogP contribution in [0.2, 0.25) is 0 Å². The molecular weight excluding hydrogens is 224 g/mol. The maximum Gasteiger partial charge on any atom is 0.273 e. The van der Waals surface area contributed by atoms with Crippen molar-refractivity contribution < 1.29 is 14.9 Å². The normalized spacial score (nSPS) is 10.5. The SMILES string of the molecule is COc1ccccc1-n1[nH]c(=O)c(CO)c1O. The number of aliphatic hydroxyl groups is 1. The maximum absolute atomic E-state index is 11.4. The number of aliphatic hydroxyl groups excluding tert-OH is 1. The first-order valence-electron chi connectivity index (χ1n) is 4.96. The Kier molecular flexibility index (Phi) is 2.88. The molecule has 0 saturated carbocycles. The number of hydrogen-bond acceptors (Lipinski definition) is 4. The fourth-order valence-electron chi connectivity index (χ4n) is 1.59. The van der Waals surface area contributed by atoms with E-state index >= 15 is 0 Å². The van der Waals surface area contributed by atoms with Crippen LogP contribution in [-0.2, 0) is 6.61 Å². The Bertz CT molecular complexity index is 585. The number of hydrogen-bond donors (Lipinski definition) is 3. The number of H-pyrrole nitrogens is 1. The van der Waals surface area contributed by atoms with E-state index in [2.05, 4.69) is 5.10 Å². The van der Waals surface area contributed by atoms with Gasteiger partial charge >= 0.3 is 0 Å². The van der Waals surface area contributed by atoms with Crippen LogP contribution in [0.15, 0.2) is 29.1 Å². The average Bonchev–Trinajstić information content (AvgIpc) is 2.64. The van der Waals surface area contributed by atoms with E-state index in [0.29, 0.717) is 11.4 Å². The van der Waals surface area contributed by atoms with Gasteiger partial charge in [-0.25, -0.2) is 4.68 Å². The summed E-state index contributed by atoms with van der Waals surface area (Å²) in [5, 5.41) is 21.2. The van der Waals surface area contributed by atoms with Gasteiger partial charge in [0.25, 0.3) is 5.56 Å². The minimum atomic E-state index is -0.532. The number of ether oxygens (including phenoxy) is 1. The lowest BCUT2D eigenvalue weighted by atomic mass is 10.3.